The summed E-state index contributed by atoms with van der Waals surface area (Å²) in [5.41, 5.74) is 9.65. The van der Waals surface area contributed by atoms with E-state index in [1.165, 1.54) is 61.4 Å². The molecule has 0 saturated carbocycles. The number of hydrogen-bond acceptors (Lipinski definition) is 30. The second kappa shape index (κ2) is 41.1. The lowest BCUT2D eigenvalue weighted by molar-refractivity contribution is -0.141. The lowest BCUT2D eigenvalue weighted by Gasteiger charge is -2.38. The number of anilines is 3. The first-order valence-corrected chi connectivity index (χ1v) is 45.8. The Morgan fingerprint density at radius 1 is 0.470 bits per heavy atom. The Bertz CT molecular complexity index is 5990. The zero-order chi connectivity index (χ0) is 92.4. The highest BCUT2D eigenvalue weighted by molar-refractivity contribution is 7.12. The van der Waals surface area contributed by atoms with E-state index in [-0.39, 0.29) is 55.2 Å². The van der Waals surface area contributed by atoms with Gasteiger partial charge in [-0.25, -0.2) is 48.1 Å². The quantitative estimate of drug-likeness (QED) is 0.0244. The van der Waals surface area contributed by atoms with Crippen molar-refractivity contribution in [1.82, 2.24) is 60.3 Å². The molecule has 6 aromatic carbocycles. The largest absolute Gasteiger partial charge is 0.466 e. The Morgan fingerprint density at radius 3 is 1.23 bits per heavy atom. The molecule has 0 bridgehead atoms. The summed E-state index contributed by atoms with van der Waals surface area (Å²) in [6, 6.07) is 39.4. The highest BCUT2D eigenvalue weighted by Gasteiger charge is 2.47. The molecule has 3 aromatic heterocycles. The molecule has 6 atom stereocenters. The zero-order valence-corrected chi connectivity index (χ0v) is 76.6. The van der Waals surface area contributed by atoms with E-state index in [1.54, 1.807) is 70.5 Å². The molecular weight excluding hydrogens is 1800 g/mol. The molecule has 684 valence electrons. The van der Waals surface area contributed by atoms with Crippen LogP contribution in [0.3, 0.4) is 0 Å². The second-order valence-corrected chi connectivity index (χ2v) is 36.1. The van der Waals surface area contributed by atoms with Crippen molar-refractivity contribution >= 4 is 147 Å². The highest BCUT2D eigenvalue weighted by Crippen LogP contribution is 2.42. The van der Waals surface area contributed by atoms with Gasteiger partial charge in [-0.15, -0.1) is 34.0 Å². The fourth-order valence-electron chi connectivity index (χ4n) is 17.6. The Hall–Kier alpha value is -13.1. The number of methoxy groups -OCH3 is 3. The van der Waals surface area contributed by atoms with E-state index in [4.69, 9.17) is 66.6 Å². The number of amides is 6. The number of esters is 3. The van der Waals surface area contributed by atoms with Crippen LogP contribution in [-0.2, 0) is 76.0 Å². The van der Waals surface area contributed by atoms with Crippen LogP contribution in [0.4, 0.5) is 35.8 Å². The van der Waals surface area contributed by atoms with Gasteiger partial charge in [0.2, 0.25) is 0 Å². The van der Waals surface area contributed by atoms with E-state index in [2.05, 4.69) is 45.6 Å². The first-order chi connectivity index (χ1) is 64.0. The van der Waals surface area contributed by atoms with Crippen molar-refractivity contribution in [2.24, 2.45) is 15.0 Å². The van der Waals surface area contributed by atoms with E-state index in [9.17, 15) is 47.5 Å². The molecule has 12 heterocycles. The number of aliphatic imine (C=N–C) groups is 3. The lowest BCUT2D eigenvalue weighted by atomic mass is 9.92. The summed E-state index contributed by atoms with van der Waals surface area (Å²) in [6.07, 6.45) is 5.11. The minimum Gasteiger partial charge on any atom is -0.466 e. The van der Waals surface area contributed by atoms with Crippen molar-refractivity contribution in [2.45, 2.75) is 75.8 Å². The van der Waals surface area contributed by atoms with Crippen LogP contribution in [0.1, 0.15) is 85.9 Å². The van der Waals surface area contributed by atoms with E-state index in [0.29, 0.717) is 211 Å². The third kappa shape index (κ3) is 20.0. The summed E-state index contributed by atoms with van der Waals surface area (Å²) < 4.78 is 45.3. The first-order valence-electron chi connectivity index (χ1n) is 42.4. The molecule has 0 unspecified atom stereocenters. The fraction of sp³-hybridized carbons (Fsp3) is 0.323. The van der Waals surface area contributed by atoms with Crippen LogP contribution in [-0.4, -0.2) is 255 Å². The van der Waals surface area contributed by atoms with Gasteiger partial charge in [0, 0.05) is 183 Å². The van der Waals surface area contributed by atoms with Gasteiger partial charge in [0.1, 0.15) is 42.8 Å². The van der Waals surface area contributed by atoms with Crippen LogP contribution >= 0.6 is 57.2 Å². The molecule has 0 radical (unpaired) electrons. The molecule has 39 heteroatoms. The van der Waals surface area contributed by atoms with Crippen LogP contribution in [0.5, 0.6) is 0 Å². The third-order valence-corrected chi connectivity index (χ3v) is 27.2. The van der Waals surface area contributed by atoms with Gasteiger partial charge in [-0.2, -0.15) is 0 Å². The van der Waals surface area contributed by atoms with E-state index in [0.717, 1.165) is 39.3 Å². The van der Waals surface area contributed by atoms with Gasteiger partial charge in [0.05, 0.1) is 56.2 Å². The molecule has 33 nitrogen and oxygen atoms in total. The van der Waals surface area contributed by atoms with Crippen molar-refractivity contribution < 1.29 is 76.0 Å². The average Bonchev–Trinajstić information content (AvgIpc) is 1.12. The average molecular weight is 1890 g/mol. The number of carbonyl (C=O) groups excluding carboxylic acids is 9. The van der Waals surface area contributed by atoms with Crippen molar-refractivity contribution in [1.29, 1.82) is 0 Å². The number of amidine groups is 3. The van der Waals surface area contributed by atoms with Gasteiger partial charge in [0.25, 0.3) is 19.4 Å². The Kier molecular flexibility index (Phi) is 28.7. The summed E-state index contributed by atoms with van der Waals surface area (Å²) >= 11 is 17.1. The summed E-state index contributed by atoms with van der Waals surface area (Å²) in [5, 5.41) is 18.9. The van der Waals surface area contributed by atoms with Crippen molar-refractivity contribution in [2.75, 3.05) is 134 Å². The number of halogens is 3. The normalized spacial score (nSPS) is 20.4. The molecule has 3 N–H and O–H groups in total. The minimum atomic E-state index is -0.793. The van der Waals surface area contributed by atoms with Crippen molar-refractivity contribution in [3.05, 3.63) is 278 Å². The van der Waals surface area contributed by atoms with Gasteiger partial charge in [-0.1, -0.05) is 102 Å². The van der Waals surface area contributed by atoms with Gasteiger partial charge >= 0.3 is 36.0 Å². The van der Waals surface area contributed by atoms with Crippen molar-refractivity contribution in [3.63, 3.8) is 0 Å². The SMILES string of the molecule is COC(=O)C1=C(CN2CCN3C(=O)N(c4ccc(C(C)(C)OC=O)cc4)C[C@@H]3C2)NC(c2nccs2)=N[C@H]1c1ccccc1Cl.COC(=O)C1=C(CN2CCN3C(=O)N(c4ccc(COC=O)cc4)C[C@@H]3C2)NC(c2nccs2)=N[C@H]1c1ccc(Cl)cc1.COC(=O)C1=C(CN2CCN3C(=O)N(c4ccc(COC=O)cc4)C[C@@H]3C2)NC(c2nccs2)=N[C@H]1c1cccc(F)c1C. The number of nitrogens with zero attached hydrogens (tertiary/aromatic N) is 15. The van der Waals surface area contributed by atoms with E-state index < -0.39 is 41.6 Å². The predicted molar refractivity (Wildman–Crippen MR) is 495 cm³/mol. The fourth-order valence-corrected chi connectivity index (χ4v) is 19.7. The number of ether oxygens (including phenoxy) is 6. The number of urea groups is 3. The minimum absolute atomic E-state index is 0.0238. The van der Waals surface area contributed by atoms with Gasteiger partial charge in [-0.05, 0) is 115 Å². The number of nitrogens with one attached hydrogen (secondary N) is 3. The van der Waals surface area contributed by atoms with Crippen molar-refractivity contribution in [3.8, 4) is 0 Å². The third-order valence-electron chi connectivity index (χ3n) is 24.3. The molecule has 6 saturated heterocycles. The number of hydrogen-bond donors (Lipinski definition) is 3. The number of rotatable bonds is 27. The first kappa shape index (κ1) is 92.1. The molecule has 6 fully saturated rings. The van der Waals surface area contributed by atoms with Gasteiger partial charge in [0.15, 0.2) is 32.5 Å². The Balaban J connectivity index is 0.000000144. The molecular formula is C93H93Cl2FN18O15S3. The second-order valence-electron chi connectivity index (χ2n) is 32.6. The summed E-state index contributed by atoms with van der Waals surface area (Å²) in [4.78, 5) is 157. The van der Waals surface area contributed by atoms with Crippen LogP contribution in [0, 0.1) is 12.7 Å². The van der Waals surface area contributed by atoms with Crippen LogP contribution in [0.15, 0.2) is 223 Å². The van der Waals surface area contributed by atoms with E-state index >= 15 is 0 Å². The zero-order valence-electron chi connectivity index (χ0n) is 72.7. The molecule has 9 aromatic rings. The maximum atomic E-state index is 14.7. The lowest BCUT2D eigenvalue weighted by Crippen LogP contribution is -2.53. The number of benzene rings is 6. The monoisotopic (exact) mass is 1890 g/mol. The van der Waals surface area contributed by atoms with Gasteiger partial charge in [-0.3, -0.25) is 58.8 Å². The van der Waals surface area contributed by atoms with E-state index in [1.807, 2.05) is 148 Å². The number of thiazole rings is 3. The smallest absolute Gasteiger partial charge is 0.338 e. The number of piperazine rings is 3. The van der Waals surface area contributed by atoms with Crippen LogP contribution < -0.4 is 30.7 Å². The maximum absolute atomic E-state index is 14.7. The summed E-state index contributed by atoms with van der Waals surface area (Å²) in [7, 11) is 4.05. The molecule has 18 rings (SSSR count). The van der Waals surface area contributed by atoms with Crippen LogP contribution in [0.25, 0.3) is 0 Å². The topological polar surface area (TPSA) is 350 Å². The molecule has 9 aliphatic rings. The number of carbonyl (C=O) groups is 9. The molecule has 0 spiro atoms. The molecule has 0 aliphatic carbocycles. The number of fused-ring (bicyclic) bond motifs is 3. The molecule has 132 heavy (non-hydrogen) atoms. The number of aromatic nitrogens is 3. The van der Waals surface area contributed by atoms with Gasteiger partial charge < -0.3 is 59.1 Å². The maximum Gasteiger partial charge on any atom is 0.338 e. The Labute approximate surface area is 781 Å². The standard InChI is InChI=1S/C32H33ClN6O5S.C31H31FN6O5S.C30H29ClN6O5S/c1-32(2,44-19-40)20-8-10-21(11-9-20)39-17-22-16-37(13-14-38(22)31(39)42)18-25-26(30(41)43-3)27(23-6-4-5-7-24(23)33)36-28(35-25)29-34-12-15-45-29;1-19-23(4-3-5-24(19)32)27-26(30(40)42-2)25(34-28(35-27)29-33-10-13-44-29)16-36-11-12-37-22(14-36)15-38(31(37)41)21-8-6-20(7-9-21)17-43-18-39;1-41-29(39)25-24(33-27(28-32-10-13-43-28)34-26(25)20-4-6-21(31)7-5-20)16-35-11-12-36-23(14-35)15-37(30(36)40)22-8-2-19(3-9-22)17-42-18-38/h4-12,15,19,22,27H,13-14,16-18H2,1-3H3,(H,35,36);3-10,13,18,22,27H,11-12,14-17H2,1-2H3,(H,34,35);2-10,13,18,23,26H,11-12,14-17H2,1H3,(H,33,34)/t2*22-,27-;23-,26-/m000/s1. The molecule has 9 aliphatic heterocycles. The summed E-state index contributed by atoms with van der Waals surface area (Å²) in [5.74, 6) is -0.245. The van der Waals surface area contributed by atoms with Crippen LogP contribution in [0.2, 0.25) is 10.0 Å². The Morgan fingerprint density at radius 2 is 0.848 bits per heavy atom. The molecule has 6 amide bonds. The summed E-state index contributed by atoms with van der Waals surface area (Å²) in [6.45, 7) is 15.0. The highest BCUT2D eigenvalue weighted by atomic mass is 35.5. The predicted octanol–water partition coefficient (Wildman–Crippen LogP) is 11.4.